The van der Waals surface area contributed by atoms with Crippen molar-refractivity contribution in [2.45, 2.75) is 27.2 Å². The molecule has 0 aliphatic carbocycles. The van der Waals surface area contributed by atoms with Gasteiger partial charge in [-0.15, -0.1) is 0 Å². The molecule has 0 bridgehead atoms. The molecule has 0 saturated carbocycles. The van der Waals surface area contributed by atoms with Gasteiger partial charge in [0.15, 0.2) is 0 Å². The summed E-state index contributed by atoms with van der Waals surface area (Å²) in [5.74, 6) is -1.16. The van der Waals surface area contributed by atoms with Crippen molar-refractivity contribution in [1.82, 2.24) is 4.90 Å². The minimum Gasteiger partial charge on any atom is -0.481 e. The van der Waals surface area contributed by atoms with Crippen molar-refractivity contribution in [3.8, 4) is 0 Å². The molecule has 4 nitrogen and oxygen atoms in total. The van der Waals surface area contributed by atoms with Crippen molar-refractivity contribution in [2.75, 3.05) is 6.54 Å². The zero-order chi connectivity index (χ0) is 16.4. The van der Waals surface area contributed by atoms with Crippen LogP contribution in [0.1, 0.15) is 28.7 Å². The Hall–Kier alpha value is -1.66. The number of carboxylic acids is 1. The maximum atomic E-state index is 12.4. The van der Waals surface area contributed by atoms with Gasteiger partial charge in [-0.3, -0.25) is 14.5 Å². The summed E-state index contributed by atoms with van der Waals surface area (Å²) in [4.78, 5) is 24.9. The third kappa shape index (κ3) is 3.56. The number of hydrogen-bond donors (Lipinski definition) is 1. The van der Waals surface area contributed by atoms with Crippen LogP contribution >= 0.6 is 24.0 Å². The molecular weight excluding hydrogens is 318 g/mol. The van der Waals surface area contributed by atoms with E-state index < -0.39 is 5.97 Å². The number of rotatable bonds is 4. The maximum absolute atomic E-state index is 12.4. The van der Waals surface area contributed by atoms with Gasteiger partial charge in [-0.2, -0.15) is 0 Å². The van der Waals surface area contributed by atoms with E-state index in [0.29, 0.717) is 9.23 Å². The lowest BCUT2D eigenvalue weighted by molar-refractivity contribution is -0.137. The molecule has 1 aromatic rings. The molecular formula is C16H17NO3S2. The number of carbonyl (C=O) groups is 2. The highest BCUT2D eigenvalue weighted by atomic mass is 32.2. The summed E-state index contributed by atoms with van der Waals surface area (Å²) in [6.07, 6.45) is 1.73. The average molecular weight is 335 g/mol. The van der Waals surface area contributed by atoms with Gasteiger partial charge in [-0.25, -0.2) is 0 Å². The molecule has 1 fully saturated rings. The Morgan fingerprint density at radius 1 is 1.27 bits per heavy atom. The summed E-state index contributed by atoms with van der Waals surface area (Å²) < 4.78 is 0.416. The second-order valence-electron chi connectivity index (χ2n) is 5.27. The van der Waals surface area contributed by atoms with Gasteiger partial charge >= 0.3 is 5.97 Å². The molecule has 1 aliphatic rings. The van der Waals surface area contributed by atoms with Gasteiger partial charge in [-0.1, -0.05) is 36.1 Å². The fraction of sp³-hybridized carbons (Fsp3) is 0.312. The molecule has 1 saturated heterocycles. The Bertz CT molecular complexity index is 695. The number of nitrogens with zero attached hydrogens (tertiary/aromatic N) is 1. The molecule has 0 atom stereocenters. The number of hydrogen-bond acceptors (Lipinski definition) is 4. The van der Waals surface area contributed by atoms with Crippen LogP contribution in [0, 0.1) is 20.8 Å². The minimum atomic E-state index is -0.942. The highest BCUT2D eigenvalue weighted by Gasteiger charge is 2.32. The van der Waals surface area contributed by atoms with Gasteiger partial charge in [-0.05, 0) is 49.1 Å². The van der Waals surface area contributed by atoms with Gasteiger partial charge in [0.25, 0.3) is 5.91 Å². The number of benzene rings is 1. The number of aliphatic carboxylic acids is 1. The van der Waals surface area contributed by atoms with E-state index >= 15 is 0 Å². The van der Waals surface area contributed by atoms with Crippen molar-refractivity contribution >= 4 is 46.3 Å². The Kier molecular flexibility index (Phi) is 5.03. The molecule has 0 radical (unpaired) electrons. The van der Waals surface area contributed by atoms with Crippen LogP contribution in [-0.4, -0.2) is 32.7 Å². The van der Waals surface area contributed by atoms with E-state index in [0.717, 1.165) is 11.1 Å². The lowest BCUT2D eigenvalue weighted by Crippen LogP contribution is -2.30. The van der Waals surface area contributed by atoms with Gasteiger partial charge < -0.3 is 5.11 Å². The molecule has 0 spiro atoms. The molecule has 116 valence electrons. The van der Waals surface area contributed by atoms with Crippen LogP contribution in [0.4, 0.5) is 0 Å². The number of aryl methyl sites for hydroxylation is 3. The number of carbonyl (C=O) groups excluding carboxylic acids is 1. The predicted octanol–water partition coefficient (Wildman–Crippen LogP) is 3.29. The Labute approximate surface area is 139 Å². The number of thioether (sulfide) groups is 1. The molecule has 1 N–H and O–H groups in total. The molecule has 0 aromatic heterocycles. The van der Waals surface area contributed by atoms with Gasteiger partial charge in [0, 0.05) is 6.54 Å². The first-order chi connectivity index (χ1) is 10.3. The van der Waals surface area contributed by atoms with Crippen molar-refractivity contribution in [3.05, 3.63) is 39.3 Å². The largest absolute Gasteiger partial charge is 0.481 e. The summed E-state index contributed by atoms with van der Waals surface area (Å²) in [5, 5.41) is 8.74. The highest BCUT2D eigenvalue weighted by molar-refractivity contribution is 8.26. The summed E-state index contributed by atoms with van der Waals surface area (Å²) >= 11 is 6.40. The summed E-state index contributed by atoms with van der Waals surface area (Å²) in [5.41, 5.74) is 4.46. The van der Waals surface area contributed by atoms with E-state index in [2.05, 4.69) is 19.1 Å². The van der Waals surface area contributed by atoms with Crippen LogP contribution in [0.5, 0.6) is 0 Å². The normalized spacial score (nSPS) is 16.7. The van der Waals surface area contributed by atoms with Crippen molar-refractivity contribution in [1.29, 1.82) is 0 Å². The van der Waals surface area contributed by atoms with E-state index in [-0.39, 0.29) is 18.9 Å². The lowest BCUT2D eigenvalue weighted by Gasteiger charge is -2.12. The van der Waals surface area contributed by atoms with Gasteiger partial charge in [0.1, 0.15) is 4.32 Å². The topological polar surface area (TPSA) is 57.6 Å². The fourth-order valence-electron chi connectivity index (χ4n) is 2.18. The van der Waals surface area contributed by atoms with Crippen LogP contribution in [0.3, 0.4) is 0 Å². The first kappa shape index (κ1) is 16.7. The fourth-order valence-corrected chi connectivity index (χ4v) is 3.48. The molecule has 6 heteroatoms. The molecule has 1 aromatic carbocycles. The Morgan fingerprint density at radius 3 is 2.55 bits per heavy atom. The van der Waals surface area contributed by atoms with E-state index in [4.69, 9.17) is 17.3 Å². The Balaban J connectivity index is 2.27. The molecule has 2 rings (SSSR count). The first-order valence-corrected chi connectivity index (χ1v) is 8.07. The molecule has 0 unspecified atom stereocenters. The monoisotopic (exact) mass is 335 g/mol. The van der Waals surface area contributed by atoms with Crippen molar-refractivity contribution in [3.63, 3.8) is 0 Å². The Morgan fingerprint density at radius 2 is 1.91 bits per heavy atom. The standard InChI is InChI=1S/C16H17NO3S2/c1-9-6-11(3)12(7-10(9)2)8-13-15(20)17(16(21)22-13)5-4-14(18)19/h6-8H,4-5H2,1-3H3,(H,18,19)/b13-8-. The van der Waals surface area contributed by atoms with Crippen LogP contribution in [0.25, 0.3) is 6.08 Å². The highest BCUT2D eigenvalue weighted by Crippen LogP contribution is 2.33. The third-order valence-electron chi connectivity index (χ3n) is 3.59. The average Bonchev–Trinajstić information content (AvgIpc) is 2.68. The van der Waals surface area contributed by atoms with E-state index in [1.54, 1.807) is 0 Å². The predicted molar refractivity (Wildman–Crippen MR) is 92.8 cm³/mol. The van der Waals surface area contributed by atoms with E-state index in [1.807, 2.05) is 19.9 Å². The lowest BCUT2D eigenvalue weighted by atomic mass is 10.0. The second-order valence-corrected chi connectivity index (χ2v) is 6.95. The summed E-state index contributed by atoms with van der Waals surface area (Å²) in [6, 6.07) is 4.14. The maximum Gasteiger partial charge on any atom is 0.305 e. The van der Waals surface area contributed by atoms with Crippen LogP contribution in [0.15, 0.2) is 17.0 Å². The van der Waals surface area contributed by atoms with E-state index in [9.17, 15) is 9.59 Å². The van der Waals surface area contributed by atoms with Crippen molar-refractivity contribution < 1.29 is 14.7 Å². The first-order valence-electron chi connectivity index (χ1n) is 6.84. The smallest absolute Gasteiger partial charge is 0.305 e. The number of amides is 1. The molecule has 1 amide bonds. The summed E-state index contributed by atoms with van der Waals surface area (Å²) in [6.45, 7) is 6.20. The molecule has 1 aliphatic heterocycles. The SMILES string of the molecule is Cc1cc(C)c(/C=C2\SC(=S)N(CCC(=O)O)C2=O)cc1C. The van der Waals surface area contributed by atoms with E-state index in [1.165, 1.54) is 27.8 Å². The van der Waals surface area contributed by atoms with Gasteiger partial charge in [0.2, 0.25) is 0 Å². The quantitative estimate of drug-likeness (QED) is 0.676. The summed E-state index contributed by atoms with van der Waals surface area (Å²) in [7, 11) is 0. The number of thiocarbonyl (C=S) groups is 1. The van der Waals surface area contributed by atoms with Crippen LogP contribution in [-0.2, 0) is 9.59 Å². The van der Waals surface area contributed by atoms with Gasteiger partial charge in [0.05, 0.1) is 11.3 Å². The van der Waals surface area contributed by atoms with Crippen LogP contribution in [0.2, 0.25) is 0 Å². The zero-order valence-corrected chi connectivity index (χ0v) is 14.3. The minimum absolute atomic E-state index is 0.109. The molecule has 1 heterocycles. The van der Waals surface area contributed by atoms with Crippen LogP contribution < -0.4 is 0 Å². The third-order valence-corrected chi connectivity index (χ3v) is 4.97. The number of carboxylic acid groups (broad SMARTS) is 1. The molecule has 22 heavy (non-hydrogen) atoms. The van der Waals surface area contributed by atoms with Crippen molar-refractivity contribution in [2.24, 2.45) is 0 Å². The second kappa shape index (κ2) is 6.62. The zero-order valence-electron chi connectivity index (χ0n) is 12.7.